The van der Waals surface area contributed by atoms with Crippen molar-refractivity contribution in [2.45, 2.75) is 70.4 Å². The lowest BCUT2D eigenvalue weighted by Crippen LogP contribution is -2.50. The van der Waals surface area contributed by atoms with Gasteiger partial charge < -0.3 is 15.2 Å². The average molecular weight is 346 g/mol. The molecule has 0 aliphatic carbocycles. The highest BCUT2D eigenvalue weighted by atomic mass is 16.5. The summed E-state index contributed by atoms with van der Waals surface area (Å²) in [7, 11) is 0. The first-order chi connectivity index (χ1) is 12.0. The van der Waals surface area contributed by atoms with E-state index >= 15 is 0 Å². The van der Waals surface area contributed by atoms with E-state index in [4.69, 9.17) is 4.74 Å². The highest BCUT2D eigenvalue weighted by molar-refractivity contribution is 5.81. The van der Waals surface area contributed by atoms with E-state index in [-0.39, 0.29) is 18.1 Å². The first-order valence-corrected chi connectivity index (χ1v) is 9.46. The van der Waals surface area contributed by atoms with E-state index in [1.807, 2.05) is 13.8 Å². The molecule has 1 amide bonds. The van der Waals surface area contributed by atoms with Gasteiger partial charge in [0.05, 0.1) is 12.2 Å². The number of hydrogen-bond acceptors (Lipinski definition) is 4. The predicted molar refractivity (Wildman–Crippen MR) is 97.2 cm³/mol. The molecule has 0 saturated carbocycles. The van der Waals surface area contributed by atoms with Crippen LogP contribution >= 0.6 is 0 Å². The fourth-order valence-electron chi connectivity index (χ4n) is 3.76. The van der Waals surface area contributed by atoms with E-state index in [9.17, 15) is 9.90 Å². The second kappa shape index (κ2) is 8.30. The Balaban J connectivity index is 1.49. The smallest absolute Gasteiger partial charge is 0.252 e. The van der Waals surface area contributed by atoms with Gasteiger partial charge in [-0.05, 0) is 50.7 Å². The molecule has 2 aliphatic rings. The predicted octanol–water partition coefficient (Wildman–Crippen LogP) is 1.87. The lowest BCUT2D eigenvalue weighted by molar-refractivity contribution is -0.159. The zero-order valence-corrected chi connectivity index (χ0v) is 15.3. The molecule has 0 bridgehead atoms. The van der Waals surface area contributed by atoms with Gasteiger partial charge in [0, 0.05) is 25.7 Å². The van der Waals surface area contributed by atoms with Gasteiger partial charge in [0.1, 0.15) is 0 Å². The number of aliphatic hydroxyl groups is 1. The first-order valence-electron chi connectivity index (χ1n) is 9.46. The average Bonchev–Trinajstić information content (AvgIpc) is 2.60. The third-order valence-electron chi connectivity index (χ3n) is 5.14. The van der Waals surface area contributed by atoms with Gasteiger partial charge in [-0.15, -0.1) is 0 Å². The third kappa shape index (κ3) is 4.81. The van der Waals surface area contributed by atoms with Crippen LogP contribution in [0.15, 0.2) is 24.3 Å². The number of aliphatic hydroxyl groups excluding tert-OH is 1. The summed E-state index contributed by atoms with van der Waals surface area (Å²) in [5, 5.41) is 12.9. The van der Waals surface area contributed by atoms with Crippen LogP contribution in [0.25, 0.3) is 0 Å². The highest BCUT2D eigenvalue weighted by Crippen LogP contribution is 2.24. The molecule has 1 aromatic rings. The Labute approximate surface area is 150 Å². The number of hydrogen-bond donors (Lipinski definition) is 2. The van der Waals surface area contributed by atoms with Crippen molar-refractivity contribution in [1.82, 2.24) is 10.2 Å². The first kappa shape index (κ1) is 18.4. The maximum Gasteiger partial charge on any atom is 0.252 e. The number of fused-ring (bicyclic) bond motifs is 1. The molecule has 0 spiro atoms. The van der Waals surface area contributed by atoms with Gasteiger partial charge in [0.25, 0.3) is 5.91 Å². The number of nitrogens with one attached hydrogen (secondary N) is 1. The standard InChI is InChI=1S/C20H30N2O3/c1-14(2)21-20(24)19-18(23)8-7-17(25-19)10-12-22-11-9-15-5-3-4-6-16(15)13-22/h3-6,14,17-19,23H,7-13H2,1-2H3,(H,21,24)/t17-,18-,19-/m0/s1. The van der Waals surface area contributed by atoms with E-state index in [1.165, 1.54) is 11.1 Å². The van der Waals surface area contributed by atoms with Crippen molar-refractivity contribution in [3.05, 3.63) is 35.4 Å². The summed E-state index contributed by atoms with van der Waals surface area (Å²) >= 11 is 0. The number of carbonyl (C=O) groups excluding carboxylic acids is 1. The van der Waals surface area contributed by atoms with Crippen LogP contribution in [-0.4, -0.2) is 53.4 Å². The number of rotatable bonds is 5. The van der Waals surface area contributed by atoms with Crippen LogP contribution in [0.4, 0.5) is 0 Å². The summed E-state index contributed by atoms with van der Waals surface area (Å²) in [6.45, 7) is 6.86. The summed E-state index contributed by atoms with van der Waals surface area (Å²) in [5.41, 5.74) is 2.88. The molecule has 1 fully saturated rings. The lowest BCUT2D eigenvalue weighted by atomic mass is 9.97. The van der Waals surface area contributed by atoms with Gasteiger partial charge in [-0.25, -0.2) is 0 Å². The fourth-order valence-corrected chi connectivity index (χ4v) is 3.76. The van der Waals surface area contributed by atoms with E-state index in [2.05, 4.69) is 34.5 Å². The van der Waals surface area contributed by atoms with Crippen LogP contribution < -0.4 is 5.32 Å². The maximum atomic E-state index is 12.2. The van der Waals surface area contributed by atoms with Crippen molar-refractivity contribution in [2.24, 2.45) is 0 Å². The highest BCUT2D eigenvalue weighted by Gasteiger charge is 2.35. The Bertz CT molecular complexity index is 590. The van der Waals surface area contributed by atoms with Gasteiger partial charge in [0.15, 0.2) is 6.10 Å². The van der Waals surface area contributed by atoms with E-state index in [0.717, 1.165) is 38.9 Å². The Morgan fingerprint density at radius 2 is 2.08 bits per heavy atom. The zero-order chi connectivity index (χ0) is 17.8. The van der Waals surface area contributed by atoms with Crippen LogP contribution in [0.5, 0.6) is 0 Å². The van der Waals surface area contributed by atoms with Crippen LogP contribution in [-0.2, 0) is 22.5 Å². The monoisotopic (exact) mass is 346 g/mol. The molecule has 0 aromatic heterocycles. The summed E-state index contributed by atoms with van der Waals surface area (Å²) in [6.07, 6.45) is 2.06. The fraction of sp³-hybridized carbons (Fsp3) is 0.650. The molecule has 5 heteroatoms. The Morgan fingerprint density at radius 3 is 2.84 bits per heavy atom. The van der Waals surface area contributed by atoms with Crippen molar-refractivity contribution in [3.63, 3.8) is 0 Å². The van der Waals surface area contributed by atoms with Crippen molar-refractivity contribution in [2.75, 3.05) is 13.1 Å². The molecule has 2 heterocycles. The minimum absolute atomic E-state index is 0.0449. The summed E-state index contributed by atoms with van der Waals surface area (Å²) in [5.74, 6) is -0.195. The second-order valence-electron chi connectivity index (χ2n) is 7.57. The molecule has 0 radical (unpaired) electrons. The SMILES string of the molecule is CC(C)NC(=O)[C@H]1O[C@H](CCN2CCc3ccccc3C2)CC[C@@H]1O. The summed E-state index contributed by atoms with van der Waals surface area (Å²) in [6, 6.07) is 8.69. The molecule has 2 aliphatic heterocycles. The minimum Gasteiger partial charge on any atom is -0.390 e. The molecule has 25 heavy (non-hydrogen) atoms. The molecular formula is C20H30N2O3. The Hall–Kier alpha value is -1.43. The molecule has 138 valence electrons. The quantitative estimate of drug-likeness (QED) is 0.854. The molecule has 1 saturated heterocycles. The molecular weight excluding hydrogens is 316 g/mol. The van der Waals surface area contributed by atoms with Crippen molar-refractivity contribution < 1.29 is 14.6 Å². The Kier molecular flexibility index (Phi) is 6.10. The summed E-state index contributed by atoms with van der Waals surface area (Å²) in [4.78, 5) is 14.7. The van der Waals surface area contributed by atoms with E-state index in [0.29, 0.717) is 6.42 Å². The topological polar surface area (TPSA) is 61.8 Å². The molecule has 3 atom stereocenters. The Morgan fingerprint density at radius 1 is 1.32 bits per heavy atom. The number of ether oxygens (including phenoxy) is 1. The number of nitrogens with zero attached hydrogens (tertiary/aromatic N) is 1. The van der Waals surface area contributed by atoms with Gasteiger partial charge in [0.2, 0.25) is 0 Å². The van der Waals surface area contributed by atoms with Crippen molar-refractivity contribution in [1.29, 1.82) is 0 Å². The lowest BCUT2D eigenvalue weighted by Gasteiger charge is -2.35. The maximum absolute atomic E-state index is 12.2. The van der Waals surface area contributed by atoms with Crippen LogP contribution in [0, 0.1) is 0 Å². The van der Waals surface area contributed by atoms with E-state index < -0.39 is 12.2 Å². The minimum atomic E-state index is -0.733. The molecule has 2 N–H and O–H groups in total. The van der Waals surface area contributed by atoms with Crippen LogP contribution in [0.3, 0.4) is 0 Å². The van der Waals surface area contributed by atoms with Crippen LogP contribution in [0.2, 0.25) is 0 Å². The van der Waals surface area contributed by atoms with Crippen molar-refractivity contribution >= 4 is 5.91 Å². The zero-order valence-electron chi connectivity index (χ0n) is 15.3. The van der Waals surface area contributed by atoms with E-state index in [1.54, 1.807) is 0 Å². The molecule has 1 aromatic carbocycles. The largest absolute Gasteiger partial charge is 0.390 e. The van der Waals surface area contributed by atoms with Gasteiger partial charge in [-0.3, -0.25) is 9.69 Å². The number of amides is 1. The van der Waals surface area contributed by atoms with Gasteiger partial charge >= 0.3 is 0 Å². The van der Waals surface area contributed by atoms with Crippen molar-refractivity contribution in [3.8, 4) is 0 Å². The summed E-state index contributed by atoms with van der Waals surface area (Å²) < 4.78 is 5.93. The van der Waals surface area contributed by atoms with Gasteiger partial charge in [-0.1, -0.05) is 24.3 Å². The molecule has 5 nitrogen and oxygen atoms in total. The van der Waals surface area contributed by atoms with Gasteiger partial charge in [-0.2, -0.15) is 0 Å². The molecule has 3 rings (SSSR count). The van der Waals surface area contributed by atoms with Crippen LogP contribution in [0.1, 0.15) is 44.2 Å². The molecule has 0 unspecified atom stereocenters. The number of carbonyl (C=O) groups is 1. The normalized spacial score (nSPS) is 27.1. The third-order valence-corrected chi connectivity index (χ3v) is 5.14. The number of benzene rings is 1. The second-order valence-corrected chi connectivity index (χ2v) is 7.57.